The molecule has 182 valence electrons. The van der Waals surface area contributed by atoms with E-state index in [1.807, 2.05) is 54.6 Å². The van der Waals surface area contributed by atoms with Crippen molar-refractivity contribution in [1.82, 2.24) is 5.32 Å². The number of carbonyl (C=O) groups excluding carboxylic acids is 1. The SMILES string of the molecule is C=C(C(=O)OCC)C(NC(c1ccccc1)(c1ccccc1)c1ccccc1)c1c(Cl)cccc1Cl. The molecule has 5 heteroatoms. The summed E-state index contributed by atoms with van der Waals surface area (Å²) in [5.74, 6) is -0.519. The van der Waals surface area contributed by atoms with Crippen LogP contribution in [0.4, 0.5) is 0 Å². The first-order chi connectivity index (χ1) is 17.5. The predicted molar refractivity (Wildman–Crippen MR) is 147 cm³/mol. The lowest BCUT2D eigenvalue weighted by molar-refractivity contribution is -0.138. The summed E-state index contributed by atoms with van der Waals surface area (Å²) >= 11 is 13.4. The Bertz CT molecular complexity index is 1210. The number of benzene rings is 4. The second-order valence-corrected chi connectivity index (χ2v) is 9.12. The summed E-state index contributed by atoms with van der Waals surface area (Å²) in [6, 6.07) is 34.8. The molecule has 0 bridgehead atoms. The summed E-state index contributed by atoms with van der Waals surface area (Å²) in [7, 11) is 0. The normalized spacial score (nSPS) is 12.1. The molecule has 0 spiro atoms. The Morgan fingerprint density at radius 1 is 0.778 bits per heavy atom. The number of halogens is 2. The number of nitrogens with one attached hydrogen (secondary N) is 1. The minimum atomic E-state index is -0.883. The van der Waals surface area contributed by atoms with Gasteiger partial charge in [-0.05, 0) is 35.7 Å². The molecule has 0 amide bonds. The van der Waals surface area contributed by atoms with Gasteiger partial charge >= 0.3 is 5.97 Å². The third-order valence-electron chi connectivity index (χ3n) is 6.16. The van der Waals surface area contributed by atoms with E-state index >= 15 is 0 Å². The van der Waals surface area contributed by atoms with Crippen LogP contribution < -0.4 is 5.32 Å². The van der Waals surface area contributed by atoms with E-state index in [0.717, 1.165) is 16.7 Å². The summed E-state index contributed by atoms with van der Waals surface area (Å²) in [5.41, 5.74) is 2.82. The Kier molecular flexibility index (Phi) is 8.27. The second kappa shape index (κ2) is 11.6. The summed E-state index contributed by atoms with van der Waals surface area (Å²) in [6.45, 7) is 6.13. The highest BCUT2D eigenvalue weighted by atomic mass is 35.5. The third kappa shape index (κ3) is 5.10. The summed E-state index contributed by atoms with van der Waals surface area (Å²) in [4.78, 5) is 13.0. The molecule has 36 heavy (non-hydrogen) atoms. The molecule has 0 saturated carbocycles. The number of rotatable bonds is 9. The Hall–Kier alpha value is -3.37. The van der Waals surface area contributed by atoms with Crippen LogP contribution in [0.2, 0.25) is 10.0 Å². The first-order valence-electron chi connectivity index (χ1n) is 11.7. The van der Waals surface area contributed by atoms with Gasteiger partial charge in [0.05, 0.1) is 23.8 Å². The number of ether oxygens (including phenoxy) is 1. The van der Waals surface area contributed by atoms with E-state index in [0.29, 0.717) is 15.6 Å². The van der Waals surface area contributed by atoms with Gasteiger partial charge in [0.25, 0.3) is 0 Å². The van der Waals surface area contributed by atoms with Gasteiger partial charge in [-0.1, -0.05) is 127 Å². The number of carbonyl (C=O) groups is 1. The molecule has 3 nitrogen and oxygen atoms in total. The zero-order valence-electron chi connectivity index (χ0n) is 20.0. The molecule has 1 unspecified atom stereocenters. The second-order valence-electron chi connectivity index (χ2n) is 8.31. The van der Waals surface area contributed by atoms with Crippen LogP contribution in [0.5, 0.6) is 0 Å². The van der Waals surface area contributed by atoms with E-state index in [-0.39, 0.29) is 12.2 Å². The van der Waals surface area contributed by atoms with Gasteiger partial charge in [-0.3, -0.25) is 5.32 Å². The van der Waals surface area contributed by atoms with E-state index in [1.54, 1.807) is 25.1 Å². The molecule has 4 aromatic carbocycles. The number of hydrogen-bond acceptors (Lipinski definition) is 3. The smallest absolute Gasteiger partial charge is 0.335 e. The third-order valence-corrected chi connectivity index (χ3v) is 6.81. The van der Waals surface area contributed by atoms with Crippen LogP contribution in [0, 0.1) is 0 Å². The minimum Gasteiger partial charge on any atom is -0.463 e. The van der Waals surface area contributed by atoms with Crippen molar-refractivity contribution < 1.29 is 9.53 Å². The maximum atomic E-state index is 13.0. The van der Waals surface area contributed by atoms with E-state index in [9.17, 15) is 4.79 Å². The summed E-state index contributed by atoms with van der Waals surface area (Å²) in [6.07, 6.45) is 0. The van der Waals surface area contributed by atoms with Gasteiger partial charge in [-0.15, -0.1) is 0 Å². The van der Waals surface area contributed by atoms with Gasteiger partial charge < -0.3 is 4.74 Å². The molecule has 0 aliphatic rings. The molecule has 0 saturated heterocycles. The first kappa shape index (κ1) is 25.7. The van der Waals surface area contributed by atoms with Crippen LogP contribution >= 0.6 is 23.2 Å². The van der Waals surface area contributed by atoms with Crippen molar-refractivity contribution in [3.05, 3.63) is 154 Å². The molecule has 1 atom stereocenters. The van der Waals surface area contributed by atoms with Gasteiger partial charge in [0.2, 0.25) is 0 Å². The van der Waals surface area contributed by atoms with E-state index in [1.165, 1.54) is 0 Å². The zero-order valence-corrected chi connectivity index (χ0v) is 21.5. The van der Waals surface area contributed by atoms with Crippen molar-refractivity contribution in [3.8, 4) is 0 Å². The Morgan fingerprint density at radius 2 is 1.19 bits per heavy atom. The highest BCUT2D eigenvalue weighted by Gasteiger charge is 2.41. The summed E-state index contributed by atoms with van der Waals surface area (Å²) in [5, 5.41) is 4.63. The molecular formula is C31H27Cl2NO2. The molecule has 0 aliphatic carbocycles. The molecule has 0 heterocycles. The van der Waals surface area contributed by atoms with Crippen molar-refractivity contribution in [2.24, 2.45) is 0 Å². The molecule has 0 aromatic heterocycles. The fraction of sp³-hybridized carbons (Fsp3) is 0.129. The standard InChI is InChI=1S/C31H27Cl2NO2/c1-3-36-30(35)22(2)29(28-26(32)20-13-21-27(28)33)34-31(23-14-7-4-8-15-23,24-16-9-5-10-17-24)25-18-11-6-12-19-25/h4-21,29,34H,2-3H2,1H3. The number of hydrogen-bond donors (Lipinski definition) is 1. The maximum absolute atomic E-state index is 13.0. The molecule has 0 fully saturated rings. The highest BCUT2D eigenvalue weighted by Crippen LogP contribution is 2.43. The van der Waals surface area contributed by atoms with Crippen molar-refractivity contribution >= 4 is 29.2 Å². The van der Waals surface area contributed by atoms with Gasteiger partial charge in [0, 0.05) is 15.6 Å². The molecule has 0 radical (unpaired) electrons. The highest BCUT2D eigenvalue weighted by molar-refractivity contribution is 6.36. The van der Waals surface area contributed by atoms with Crippen LogP contribution in [-0.4, -0.2) is 12.6 Å². The lowest BCUT2D eigenvalue weighted by atomic mass is 9.75. The van der Waals surface area contributed by atoms with Gasteiger partial charge in [0.15, 0.2) is 0 Å². The van der Waals surface area contributed by atoms with Crippen molar-refractivity contribution in [3.63, 3.8) is 0 Å². The van der Waals surface area contributed by atoms with Crippen LogP contribution in [0.1, 0.15) is 35.2 Å². The lowest BCUT2D eigenvalue weighted by Gasteiger charge is -2.41. The minimum absolute atomic E-state index is 0.207. The molecule has 4 aromatic rings. The molecule has 0 aliphatic heterocycles. The quantitative estimate of drug-likeness (QED) is 0.141. The Labute approximate surface area is 222 Å². The number of esters is 1. The maximum Gasteiger partial charge on any atom is 0.335 e. The van der Waals surface area contributed by atoms with Crippen molar-refractivity contribution in [2.45, 2.75) is 18.5 Å². The Morgan fingerprint density at radius 3 is 1.58 bits per heavy atom. The zero-order chi connectivity index (χ0) is 25.5. The lowest BCUT2D eigenvalue weighted by Crippen LogP contribution is -2.47. The predicted octanol–water partition coefficient (Wildman–Crippen LogP) is 7.74. The van der Waals surface area contributed by atoms with Crippen LogP contribution in [0.15, 0.2) is 121 Å². The average molecular weight is 516 g/mol. The van der Waals surface area contributed by atoms with Crippen LogP contribution in [0.25, 0.3) is 0 Å². The largest absolute Gasteiger partial charge is 0.463 e. The molecule has 1 N–H and O–H groups in total. The van der Waals surface area contributed by atoms with Crippen LogP contribution in [0.3, 0.4) is 0 Å². The fourth-order valence-electron chi connectivity index (χ4n) is 4.49. The first-order valence-corrected chi connectivity index (χ1v) is 12.5. The van der Waals surface area contributed by atoms with E-state index in [2.05, 4.69) is 48.3 Å². The topological polar surface area (TPSA) is 38.3 Å². The van der Waals surface area contributed by atoms with E-state index in [4.69, 9.17) is 27.9 Å². The van der Waals surface area contributed by atoms with Gasteiger partial charge in [-0.2, -0.15) is 0 Å². The van der Waals surface area contributed by atoms with Crippen molar-refractivity contribution in [2.75, 3.05) is 6.61 Å². The monoisotopic (exact) mass is 515 g/mol. The van der Waals surface area contributed by atoms with Crippen LogP contribution in [-0.2, 0) is 15.1 Å². The van der Waals surface area contributed by atoms with E-state index < -0.39 is 17.6 Å². The van der Waals surface area contributed by atoms with Gasteiger partial charge in [-0.25, -0.2) is 4.79 Å². The molecular weight excluding hydrogens is 489 g/mol. The fourth-order valence-corrected chi connectivity index (χ4v) is 5.11. The molecule has 4 rings (SSSR count). The van der Waals surface area contributed by atoms with Crippen molar-refractivity contribution in [1.29, 1.82) is 0 Å². The van der Waals surface area contributed by atoms with Gasteiger partial charge in [0.1, 0.15) is 0 Å². The Balaban J connectivity index is 2.03. The summed E-state index contributed by atoms with van der Waals surface area (Å²) < 4.78 is 5.35. The average Bonchev–Trinajstić information content (AvgIpc) is 2.92.